The fraction of sp³-hybridized carbons (Fsp3) is 0.0811. The molecule has 0 spiro atoms. The third-order valence-corrected chi connectivity index (χ3v) is 9.62. The van der Waals surface area contributed by atoms with Gasteiger partial charge in [0.2, 0.25) is 11.5 Å². The average Bonchev–Trinajstić information content (AvgIpc) is 3.64. The molecule has 0 bridgehead atoms. The van der Waals surface area contributed by atoms with Crippen LogP contribution in [0.5, 0.6) is 0 Å². The van der Waals surface area contributed by atoms with Gasteiger partial charge in [0.05, 0.1) is 6.57 Å². The Bertz CT molecular complexity index is 1960. The van der Waals surface area contributed by atoms with Crippen LogP contribution in [0.1, 0.15) is 55.5 Å². The van der Waals surface area contributed by atoms with Crippen LogP contribution in [0.3, 0.4) is 0 Å². The zero-order chi connectivity index (χ0) is 29.8. The standard InChI is InChI=1S/C37H24N2O2S2/c1-39-32(36(41)28-10-6-3-7-11-28)21-30-18-19-33(42-30)37-31(25-16-17-25)22-34(43-37)26-14-12-24(13-15-26)20-29(23-38)35(40)27-8-4-2-5-9-27/h2-15,18-22,25H,16-17H2/b29-20+,32-21-. The predicted octanol–water partition coefficient (Wildman–Crippen LogP) is 9.95. The molecule has 5 aromatic rings. The first-order chi connectivity index (χ1) is 21.0. The van der Waals surface area contributed by atoms with Crippen LogP contribution in [-0.4, -0.2) is 11.6 Å². The summed E-state index contributed by atoms with van der Waals surface area (Å²) in [6.07, 6.45) is 5.66. The van der Waals surface area contributed by atoms with E-state index in [0.29, 0.717) is 17.0 Å². The smallest absolute Gasteiger partial charge is 0.235 e. The largest absolute Gasteiger partial charge is 0.302 e. The number of Topliss-reactive ketones (excluding diaryl/α,β-unsaturated/α-hetero) is 2. The number of allylic oxidation sites excluding steroid dienone is 2. The first kappa shape index (κ1) is 28.0. The van der Waals surface area contributed by atoms with E-state index < -0.39 is 0 Å². The summed E-state index contributed by atoms with van der Waals surface area (Å²) in [6.45, 7) is 7.59. The summed E-state index contributed by atoms with van der Waals surface area (Å²) in [5.74, 6) is -0.0153. The number of thiophene rings is 2. The highest BCUT2D eigenvalue weighted by Crippen LogP contribution is 2.51. The number of benzene rings is 3. The molecule has 0 unspecified atom stereocenters. The molecule has 1 aliphatic rings. The van der Waals surface area contributed by atoms with Gasteiger partial charge < -0.3 is 4.79 Å². The van der Waals surface area contributed by atoms with E-state index in [0.717, 1.165) is 25.8 Å². The molecule has 0 radical (unpaired) electrons. The lowest BCUT2D eigenvalue weighted by Gasteiger charge is -2.01. The Labute approximate surface area is 258 Å². The quantitative estimate of drug-likeness (QED) is 0.0741. The number of hydrogen-bond acceptors (Lipinski definition) is 5. The summed E-state index contributed by atoms with van der Waals surface area (Å²) < 4.78 is 0. The molecule has 6 heteroatoms. The van der Waals surface area contributed by atoms with Crippen LogP contribution in [-0.2, 0) is 0 Å². The van der Waals surface area contributed by atoms with Gasteiger partial charge in [-0.05, 0) is 65.8 Å². The highest BCUT2D eigenvalue weighted by Gasteiger charge is 2.29. The molecule has 0 saturated heterocycles. The molecule has 6 rings (SSSR count). The summed E-state index contributed by atoms with van der Waals surface area (Å²) in [5.41, 5.74) is 4.41. The predicted molar refractivity (Wildman–Crippen MR) is 175 cm³/mol. The topological polar surface area (TPSA) is 62.3 Å². The molecule has 206 valence electrons. The average molecular weight is 593 g/mol. The minimum absolute atomic E-state index is 0.0998. The number of carbonyl (C=O) groups is 2. The van der Waals surface area contributed by atoms with Crippen molar-refractivity contribution in [2.75, 3.05) is 0 Å². The van der Waals surface area contributed by atoms with Crippen molar-refractivity contribution >= 4 is 46.4 Å². The van der Waals surface area contributed by atoms with E-state index in [1.807, 2.05) is 42.5 Å². The van der Waals surface area contributed by atoms with E-state index in [1.165, 1.54) is 23.3 Å². The molecule has 43 heavy (non-hydrogen) atoms. The maximum atomic E-state index is 12.9. The van der Waals surface area contributed by atoms with Gasteiger partial charge in [-0.15, -0.1) is 22.7 Å². The van der Waals surface area contributed by atoms with Crippen LogP contribution < -0.4 is 0 Å². The summed E-state index contributed by atoms with van der Waals surface area (Å²) >= 11 is 3.33. The van der Waals surface area contributed by atoms with Crippen LogP contribution in [0.15, 0.2) is 114 Å². The number of rotatable bonds is 9. The molecule has 1 fully saturated rings. The van der Waals surface area contributed by atoms with Crippen molar-refractivity contribution in [3.63, 3.8) is 0 Å². The van der Waals surface area contributed by atoms with Crippen molar-refractivity contribution in [1.29, 1.82) is 5.26 Å². The third-order valence-electron chi connectivity index (χ3n) is 7.20. The molecule has 2 aromatic heterocycles. The van der Waals surface area contributed by atoms with Crippen molar-refractivity contribution < 1.29 is 9.59 Å². The summed E-state index contributed by atoms with van der Waals surface area (Å²) in [6, 6.07) is 34.0. The summed E-state index contributed by atoms with van der Waals surface area (Å²) in [4.78, 5) is 33.5. The van der Waals surface area contributed by atoms with Crippen molar-refractivity contribution in [2.45, 2.75) is 18.8 Å². The first-order valence-corrected chi connectivity index (χ1v) is 15.4. The number of nitrogens with zero attached hydrogens (tertiary/aromatic N) is 2. The van der Waals surface area contributed by atoms with Gasteiger partial charge in [-0.25, -0.2) is 4.85 Å². The lowest BCUT2D eigenvalue weighted by molar-refractivity contribution is 0.103. The molecule has 0 N–H and O–H groups in total. The molecular formula is C37H24N2O2S2. The lowest BCUT2D eigenvalue weighted by Crippen LogP contribution is -2.01. The van der Waals surface area contributed by atoms with E-state index in [2.05, 4.69) is 23.0 Å². The monoisotopic (exact) mass is 592 g/mol. The van der Waals surface area contributed by atoms with Gasteiger partial charge in [-0.1, -0.05) is 84.9 Å². The SMILES string of the molecule is [C-]#[N+]/C(=C\c1ccc(-c2sc(-c3ccc(/C=C(\C#N)C(=O)c4ccccc4)cc3)cc2C2CC2)s1)C(=O)c1ccccc1. The Hall–Kier alpha value is -5.14. The minimum atomic E-state index is -0.290. The molecule has 2 heterocycles. The molecule has 3 aromatic carbocycles. The molecule has 1 saturated carbocycles. The van der Waals surface area contributed by atoms with Crippen LogP contribution in [0, 0.1) is 17.9 Å². The van der Waals surface area contributed by atoms with Gasteiger partial charge in [0.1, 0.15) is 11.6 Å². The van der Waals surface area contributed by atoms with Crippen LogP contribution >= 0.6 is 22.7 Å². The fourth-order valence-electron chi connectivity index (χ4n) is 4.81. The molecule has 0 amide bonds. The first-order valence-electron chi connectivity index (χ1n) is 13.8. The van der Waals surface area contributed by atoms with Gasteiger partial charge >= 0.3 is 0 Å². The molecule has 4 nitrogen and oxygen atoms in total. The zero-order valence-electron chi connectivity index (χ0n) is 23.0. The second kappa shape index (κ2) is 12.4. The van der Waals surface area contributed by atoms with Gasteiger partial charge in [-0.2, -0.15) is 5.26 Å². The van der Waals surface area contributed by atoms with Gasteiger partial charge in [0.15, 0.2) is 5.78 Å². The third kappa shape index (κ3) is 6.22. The summed E-state index contributed by atoms with van der Waals surface area (Å²) in [7, 11) is 0. The molecular weight excluding hydrogens is 569 g/mol. The number of nitriles is 1. The van der Waals surface area contributed by atoms with E-state index in [4.69, 9.17) is 6.57 Å². The highest BCUT2D eigenvalue weighted by atomic mass is 32.1. The second-order valence-electron chi connectivity index (χ2n) is 10.2. The van der Waals surface area contributed by atoms with Crippen molar-refractivity contribution in [2.24, 2.45) is 0 Å². The number of ketones is 2. The Morgan fingerprint density at radius 2 is 1.44 bits per heavy atom. The van der Waals surface area contributed by atoms with E-state index >= 15 is 0 Å². The van der Waals surface area contributed by atoms with E-state index in [9.17, 15) is 14.9 Å². The molecule has 0 aliphatic heterocycles. The second-order valence-corrected chi connectivity index (χ2v) is 12.4. The Morgan fingerprint density at radius 3 is 2.05 bits per heavy atom. The van der Waals surface area contributed by atoms with Crippen molar-refractivity contribution in [3.05, 3.63) is 153 Å². The van der Waals surface area contributed by atoms with E-state index in [-0.39, 0.29) is 22.8 Å². The van der Waals surface area contributed by atoms with Crippen molar-refractivity contribution in [3.8, 4) is 26.3 Å². The zero-order valence-corrected chi connectivity index (χ0v) is 24.6. The maximum Gasteiger partial charge on any atom is 0.235 e. The normalized spacial score (nSPS) is 13.3. The Kier molecular flexibility index (Phi) is 8.07. The molecule has 0 atom stereocenters. The lowest BCUT2D eigenvalue weighted by atomic mass is 10.0. The number of hydrogen-bond donors (Lipinski definition) is 0. The Balaban J connectivity index is 1.26. The van der Waals surface area contributed by atoms with Gasteiger partial charge in [0, 0.05) is 30.6 Å². The van der Waals surface area contributed by atoms with Crippen LogP contribution in [0.2, 0.25) is 0 Å². The van der Waals surface area contributed by atoms with Crippen molar-refractivity contribution in [1.82, 2.24) is 0 Å². The van der Waals surface area contributed by atoms with Gasteiger partial charge in [-0.3, -0.25) is 4.79 Å². The van der Waals surface area contributed by atoms with Crippen LogP contribution in [0.4, 0.5) is 0 Å². The van der Waals surface area contributed by atoms with Crippen LogP contribution in [0.25, 0.3) is 37.2 Å². The fourth-order valence-corrected chi connectivity index (χ4v) is 7.14. The van der Waals surface area contributed by atoms with E-state index in [1.54, 1.807) is 83.4 Å². The summed E-state index contributed by atoms with van der Waals surface area (Å²) in [5, 5.41) is 9.62. The maximum absolute atomic E-state index is 12.9. The Morgan fingerprint density at radius 1 is 0.791 bits per heavy atom. The number of carbonyl (C=O) groups excluding carboxylic acids is 2. The minimum Gasteiger partial charge on any atom is -0.302 e. The highest BCUT2D eigenvalue weighted by molar-refractivity contribution is 7.24. The molecule has 1 aliphatic carbocycles. The van der Waals surface area contributed by atoms with Gasteiger partial charge in [0.25, 0.3) is 0 Å².